The van der Waals surface area contributed by atoms with Crippen LogP contribution in [0.25, 0.3) is 0 Å². The molecule has 1 aliphatic heterocycles. The summed E-state index contributed by atoms with van der Waals surface area (Å²) in [5.74, 6) is 0. The quantitative estimate of drug-likeness (QED) is 0.175. The molecule has 1 saturated heterocycles. The SMILES string of the molecule is N#CCNCCN(CCNCC#N)CCN1CCN(CCNCCN)C1=O. The fourth-order valence-electron chi connectivity index (χ4n) is 2.85. The van der Waals surface area contributed by atoms with Gasteiger partial charge in [-0.25, -0.2) is 4.79 Å². The zero-order valence-corrected chi connectivity index (χ0v) is 16.1. The molecule has 0 unspecified atom stereocenters. The van der Waals surface area contributed by atoms with E-state index in [-0.39, 0.29) is 6.03 Å². The first-order valence-electron chi connectivity index (χ1n) is 9.55. The van der Waals surface area contributed by atoms with Crippen molar-refractivity contribution in [1.82, 2.24) is 30.7 Å². The van der Waals surface area contributed by atoms with E-state index in [0.29, 0.717) is 32.7 Å². The third kappa shape index (κ3) is 10.1. The van der Waals surface area contributed by atoms with Crippen LogP contribution in [0.5, 0.6) is 0 Å². The van der Waals surface area contributed by atoms with E-state index in [4.69, 9.17) is 16.3 Å². The van der Waals surface area contributed by atoms with Crippen molar-refractivity contribution in [3.63, 3.8) is 0 Å². The number of carbonyl (C=O) groups excluding carboxylic acids is 1. The minimum absolute atomic E-state index is 0.0923. The van der Waals surface area contributed by atoms with E-state index in [0.717, 1.165) is 58.9 Å². The summed E-state index contributed by atoms with van der Waals surface area (Å²) in [5, 5.41) is 26.5. The molecule has 10 heteroatoms. The molecule has 2 amide bonds. The van der Waals surface area contributed by atoms with Crippen molar-refractivity contribution in [2.24, 2.45) is 5.73 Å². The lowest BCUT2D eigenvalue weighted by molar-refractivity contribution is 0.182. The minimum Gasteiger partial charge on any atom is -0.329 e. The molecular weight excluding hydrogens is 346 g/mol. The van der Waals surface area contributed by atoms with Crippen LogP contribution in [0, 0.1) is 22.7 Å². The fraction of sp³-hybridized carbons (Fsp3) is 0.824. The van der Waals surface area contributed by atoms with Crippen molar-refractivity contribution in [3.05, 3.63) is 0 Å². The summed E-state index contributed by atoms with van der Waals surface area (Å²) in [6.45, 7) is 9.49. The van der Waals surface area contributed by atoms with Crippen molar-refractivity contribution < 1.29 is 4.79 Å². The highest BCUT2D eigenvalue weighted by Crippen LogP contribution is 2.07. The molecule has 0 aromatic heterocycles. The molecule has 152 valence electrons. The molecule has 1 heterocycles. The van der Waals surface area contributed by atoms with Gasteiger partial charge in [0, 0.05) is 78.5 Å². The zero-order chi connectivity index (χ0) is 19.7. The van der Waals surface area contributed by atoms with Crippen LogP contribution < -0.4 is 21.7 Å². The van der Waals surface area contributed by atoms with Crippen LogP contribution in [0.1, 0.15) is 0 Å². The highest BCUT2D eigenvalue weighted by atomic mass is 16.2. The van der Waals surface area contributed by atoms with E-state index < -0.39 is 0 Å². The summed E-state index contributed by atoms with van der Waals surface area (Å²) >= 11 is 0. The molecule has 0 aliphatic carbocycles. The van der Waals surface area contributed by atoms with Gasteiger partial charge in [-0.3, -0.25) is 4.90 Å². The van der Waals surface area contributed by atoms with Crippen LogP contribution in [0.2, 0.25) is 0 Å². The fourth-order valence-corrected chi connectivity index (χ4v) is 2.85. The van der Waals surface area contributed by atoms with Gasteiger partial charge in [-0.05, 0) is 0 Å². The van der Waals surface area contributed by atoms with Crippen LogP contribution in [0.3, 0.4) is 0 Å². The smallest absolute Gasteiger partial charge is 0.320 e. The molecule has 0 spiro atoms. The Bertz CT molecular complexity index is 466. The average molecular weight is 380 g/mol. The molecule has 10 nitrogen and oxygen atoms in total. The first-order valence-corrected chi connectivity index (χ1v) is 9.55. The van der Waals surface area contributed by atoms with E-state index in [9.17, 15) is 4.79 Å². The Morgan fingerprint density at radius 1 is 0.889 bits per heavy atom. The Labute approximate surface area is 162 Å². The summed E-state index contributed by atoms with van der Waals surface area (Å²) in [4.78, 5) is 18.5. The third-order valence-corrected chi connectivity index (χ3v) is 4.36. The Morgan fingerprint density at radius 2 is 1.48 bits per heavy atom. The number of carbonyl (C=O) groups is 1. The number of urea groups is 1. The normalized spacial score (nSPS) is 14.0. The van der Waals surface area contributed by atoms with Gasteiger partial charge in [0.25, 0.3) is 0 Å². The molecule has 1 fully saturated rings. The number of amides is 2. The van der Waals surface area contributed by atoms with Gasteiger partial charge >= 0.3 is 6.03 Å². The molecule has 1 aliphatic rings. The number of nitriles is 2. The zero-order valence-electron chi connectivity index (χ0n) is 16.1. The van der Waals surface area contributed by atoms with E-state index in [1.165, 1.54) is 0 Å². The second-order valence-electron chi connectivity index (χ2n) is 6.31. The van der Waals surface area contributed by atoms with E-state index in [2.05, 4.69) is 33.0 Å². The first kappa shape index (κ1) is 23.1. The van der Waals surface area contributed by atoms with E-state index >= 15 is 0 Å². The molecule has 0 aromatic rings. The predicted octanol–water partition coefficient (Wildman–Crippen LogP) is -2.20. The largest absolute Gasteiger partial charge is 0.329 e. The van der Waals surface area contributed by atoms with Gasteiger partial charge in [-0.15, -0.1) is 0 Å². The van der Waals surface area contributed by atoms with Crippen molar-refractivity contribution in [2.45, 2.75) is 0 Å². The van der Waals surface area contributed by atoms with Gasteiger partial charge in [-0.2, -0.15) is 10.5 Å². The summed E-state index contributed by atoms with van der Waals surface area (Å²) in [5.41, 5.74) is 5.45. The van der Waals surface area contributed by atoms with Gasteiger partial charge in [-0.1, -0.05) is 0 Å². The lowest BCUT2D eigenvalue weighted by atomic mass is 10.4. The van der Waals surface area contributed by atoms with Crippen molar-refractivity contribution in [1.29, 1.82) is 10.5 Å². The third-order valence-electron chi connectivity index (χ3n) is 4.36. The highest BCUT2D eigenvalue weighted by Gasteiger charge is 2.27. The van der Waals surface area contributed by atoms with E-state index in [1.807, 2.05) is 9.80 Å². The van der Waals surface area contributed by atoms with Crippen LogP contribution in [-0.2, 0) is 0 Å². The lowest BCUT2D eigenvalue weighted by Crippen LogP contribution is -2.43. The van der Waals surface area contributed by atoms with Gasteiger partial charge < -0.3 is 31.5 Å². The Kier molecular flexibility index (Phi) is 12.9. The van der Waals surface area contributed by atoms with Crippen LogP contribution in [0.15, 0.2) is 0 Å². The maximum absolute atomic E-state index is 12.5. The number of hydrogen-bond donors (Lipinski definition) is 4. The molecule has 0 bridgehead atoms. The summed E-state index contributed by atoms with van der Waals surface area (Å²) in [6, 6.07) is 4.22. The molecular formula is C17H33N9O. The monoisotopic (exact) mass is 379 g/mol. The van der Waals surface area contributed by atoms with Crippen molar-refractivity contribution in [3.8, 4) is 12.1 Å². The lowest BCUT2D eigenvalue weighted by Gasteiger charge is -2.25. The predicted molar refractivity (Wildman–Crippen MR) is 104 cm³/mol. The average Bonchev–Trinajstić information content (AvgIpc) is 3.03. The molecule has 0 atom stereocenters. The summed E-state index contributed by atoms with van der Waals surface area (Å²) in [7, 11) is 0. The van der Waals surface area contributed by atoms with Crippen LogP contribution >= 0.6 is 0 Å². The Hall–Kier alpha value is -1.95. The topological polar surface area (TPSA) is 136 Å². The number of nitrogens with one attached hydrogen (secondary N) is 3. The highest BCUT2D eigenvalue weighted by molar-refractivity contribution is 5.76. The molecule has 27 heavy (non-hydrogen) atoms. The number of rotatable bonds is 16. The molecule has 5 N–H and O–H groups in total. The maximum atomic E-state index is 12.5. The van der Waals surface area contributed by atoms with Crippen LogP contribution in [-0.4, -0.2) is 112 Å². The molecule has 1 rings (SSSR count). The Morgan fingerprint density at radius 3 is 2.04 bits per heavy atom. The van der Waals surface area contributed by atoms with Gasteiger partial charge in [0.05, 0.1) is 25.2 Å². The molecule has 0 radical (unpaired) electrons. The van der Waals surface area contributed by atoms with Gasteiger partial charge in [0.1, 0.15) is 0 Å². The first-order chi connectivity index (χ1) is 13.2. The maximum Gasteiger partial charge on any atom is 0.320 e. The number of nitrogens with zero attached hydrogens (tertiary/aromatic N) is 5. The summed E-state index contributed by atoms with van der Waals surface area (Å²) < 4.78 is 0. The minimum atomic E-state index is 0.0923. The second-order valence-corrected chi connectivity index (χ2v) is 6.31. The molecule has 0 aromatic carbocycles. The Balaban J connectivity index is 2.33. The van der Waals surface area contributed by atoms with Gasteiger partial charge in [0.2, 0.25) is 0 Å². The number of hydrogen-bond acceptors (Lipinski definition) is 8. The molecule has 0 saturated carbocycles. The van der Waals surface area contributed by atoms with Crippen LogP contribution in [0.4, 0.5) is 4.79 Å². The van der Waals surface area contributed by atoms with Crippen molar-refractivity contribution >= 4 is 6.03 Å². The summed E-state index contributed by atoms with van der Waals surface area (Å²) in [6.07, 6.45) is 0. The second kappa shape index (κ2) is 15.1. The number of nitrogens with two attached hydrogens (primary N) is 1. The standard InChI is InChI=1S/C17H33N9O/c18-1-4-21-7-10-24(11-8-22-5-2-19)13-14-26-16-15-25(17(26)27)12-9-23-6-3-20/h21-23H,3-16,20H2. The van der Waals surface area contributed by atoms with Gasteiger partial charge in [0.15, 0.2) is 0 Å². The van der Waals surface area contributed by atoms with E-state index in [1.54, 1.807) is 0 Å². The van der Waals surface area contributed by atoms with Crippen molar-refractivity contribution in [2.75, 3.05) is 91.6 Å².